The van der Waals surface area contributed by atoms with Crippen LogP contribution in [0.1, 0.15) is 32.8 Å². The Morgan fingerprint density at radius 1 is 1.15 bits per heavy atom. The quantitative estimate of drug-likeness (QED) is 0.851. The molecule has 1 saturated heterocycles. The van der Waals surface area contributed by atoms with Crippen LogP contribution in [0.4, 0.5) is 10.5 Å². The molecule has 1 aliphatic rings. The number of carbonyl (C=O) groups excluding carboxylic acids is 1. The van der Waals surface area contributed by atoms with Crippen LogP contribution >= 0.6 is 0 Å². The second kappa shape index (κ2) is 8.33. The van der Waals surface area contributed by atoms with Gasteiger partial charge < -0.3 is 19.7 Å². The van der Waals surface area contributed by atoms with E-state index in [9.17, 15) is 4.79 Å². The Kier molecular flexibility index (Phi) is 5.89. The summed E-state index contributed by atoms with van der Waals surface area (Å²) in [7, 11) is 0. The van der Waals surface area contributed by atoms with E-state index in [1.54, 1.807) is 0 Å². The van der Waals surface area contributed by atoms with E-state index in [0.717, 1.165) is 36.5 Å². The van der Waals surface area contributed by atoms with Crippen molar-refractivity contribution in [1.82, 2.24) is 5.32 Å². The SMILES string of the molecule is CC(C)(C)OC(=O)N[C@H]1CCN(c2cccc(OCc3ccccc3)c2)C1. The number of carbonyl (C=O) groups is 1. The summed E-state index contributed by atoms with van der Waals surface area (Å²) in [4.78, 5) is 14.2. The summed E-state index contributed by atoms with van der Waals surface area (Å²) in [5, 5.41) is 2.96. The number of nitrogens with one attached hydrogen (secondary N) is 1. The van der Waals surface area contributed by atoms with E-state index in [0.29, 0.717) is 6.61 Å². The smallest absolute Gasteiger partial charge is 0.407 e. The van der Waals surface area contributed by atoms with Gasteiger partial charge in [0.2, 0.25) is 0 Å². The van der Waals surface area contributed by atoms with Crippen molar-refractivity contribution >= 4 is 11.8 Å². The predicted octanol–water partition coefficient (Wildman–Crippen LogP) is 4.37. The fourth-order valence-corrected chi connectivity index (χ4v) is 3.10. The van der Waals surface area contributed by atoms with Gasteiger partial charge in [-0.3, -0.25) is 0 Å². The van der Waals surface area contributed by atoms with E-state index in [1.165, 1.54) is 0 Å². The van der Waals surface area contributed by atoms with Gasteiger partial charge in [-0.05, 0) is 44.9 Å². The van der Waals surface area contributed by atoms with Crippen LogP contribution in [0.25, 0.3) is 0 Å². The number of hydrogen-bond acceptors (Lipinski definition) is 4. The van der Waals surface area contributed by atoms with Gasteiger partial charge in [-0.15, -0.1) is 0 Å². The molecule has 1 atom stereocenters. The average molecular weight is 368 g/mol. The fourth-order valence-electron chi connectivity index (χ4n) is 3.10. The van der Waals surface area contributed by atoms with Gasteiger partial charge in [0.25, 0.3) is 0 Å². The molecule has 0 saturated carbocycles. The van der Waals surface area contributed by atoms with Gasteiger partial charge in [0, 0.05) is 24.8 Å². The zero-order chi connectivity index (χ0) is 19.3. The van der Waals surface area contributed by atoms with E-state index >= 15 is 0 Å². The predicted molar refractivity (Wildman–Crippen MR) is 107 cm³/mol. The summed E-state index contributed by atoms with van der Waals surface area (Å²) < 4.78 is 11.3. The van der Waals surface area contributed by atoms with Crippen LogP contribution in [0.5, 0.6) is 5.75 Å². The van der Waals surface area contributed by atoms with E-state index in [-0.39, 0.29) is 12.1 Å². The van der Waals surface area contributed by atoms with Gasteiger partial charge in [-0.1, -0.05) is 36.4 Å². The van der Waals surface area contributed by atoms with Crippen LogP contribution in [0, 0.1) is 0 Å². The number of anilines is 1. The highest BCUT2D eigenvalue weighted by atomic mass is 16.6. The molecule has 0 spiro atoms. The standard InChI is InChI=1S/C22H28N2O3/c1-22(2,3)27-21(25)23-18-12-13-24(15-18)19-10-7-11-20(14-19)26-16-17-8-5-4-6-9-17/h4-11,14,18H,12-13,15-16H2,1-3H3,(H,23,25)/t18-/m0/s1. The van der Waals surface area contributed by atoms with Crippen molar-refractivity contribution in [2.75, 3.05) is 18.0 Å². The van der Waals surface area contributed by atoms with Gasteiger partial charge >= 0.3 is 6.09 Å². The first-order valence-corrected chi connectivity index (χ1v) is 9.40. The monoisotopic (exact) mass is 368 g/mol. The molecule has 2 aromatic rings. The van der Waals surface area contributed by atoms with E-state index < -0.39 is 5.60 Å². The molecule has 5 heteroatoms. The highest BCUT2D eigenvalue weighted by Gasteiger charge is 2.26. The Hall–Kier alpha value is -2.69. The van der Waals surface area contributed by atoms with Gasteiger partial charge in [-0.2, -0.15) is 0 Å². The van der Waals surface area contributed by atoms with Crippen molar-refractivity contribution in [3.05, 3.63) is 60.2 Å². The fraction of sp³-hybridized carbons (Fsp3) is 0.409. The second-order valence-electron chi connectivity index (χ2n) is 7.85. The summed E-state index contributed by atoms with van der Waals surface area (Å²) in [6.07, 6.45) is 0.545. The zero-order valence-electron chi connectivity index (χ0n) is 16.3. The molecule has 0 bridgehead atoms. The van der Waals surface area contributed by atoms with Gasteiger partial charge in [0.05, 0.1) is 6.04 Å². The Bertz CT molecular complexity index is 756. The number of benzene rings is 2. The van der Waals surface area contributed by atoms with Crippen LogP contribution in [0.15, 0.2) is 54.6 Å². The molecule has 3 rings (SSSR count). The molecule has 1 heterocycles. The lowest BCUT2D eigenvalue weighted by Gasteiger charge is -2.22. The lowest BCUT2D eigenvalue weighted by Crippen LogP contribution is -2.40. The number of alkyl carbamates (subject to hydrolysis) is 1. The number of nitrogens with zero attached hydrogens (tertiary/aromatic N) is 1. The number of amides is 1. The summed E-state index contributed by atoms with van der Waals surface area (Å²) in [5.41, 5.74) is 1.77. The third-order valence-corrected chi connectivity index (χ3v) is 4.34. The first-order valence-electron chi connectivity index (χ1n) is 9.40. The maximum atomic E-state index is 12.0. The normalized spacial score (nSPS) is 16.9. The molecular weight excluding hydrogens is 340 g/mol. The summed E-state index contributed by atoms with van der Waals surface area (Å²) in [6, 6.07) is 18.3. The first-order chi connectivity index (χ1) is 12.9. The van der Waals surface area contributed by atoms with E-state index in [1.807, 2.05) is 51.1 Å². The largest absolute Gasteiger partial charge is 0.489 e. The average Bonchev–Trinajstić information content (AvgIpc) is 3.08. The molecule has 1 amide bonds. The van der Waals surface area contributed by atoms with Crippen molar-refractivity contribution in [2.24, 2.45) is 0 Å². The van der Waals surface area contributed by atoms with Gasteiger partial charge in [0.15, 0.2) is 0 Å². The number of hydrogen-bond donors (Lipinski definition) is 1. The van der Waals surface area contributed by atoms with E-state index in [2.05, 4.69) is 34.5 Å². The van der Waals surface area contributed by atoms with Crippen LogP contribution < -0.4 is 15.0 Å². The highest BCUT2D eigenvalue weighted by Crippen LogP contribution is 2.25. The van der Waals surface area contributed by atoms with Gasteiger partial charge in [0.1, 0.15) is 18.0 Å². The first kappa shape index (κ1) is 19.1. The van der Waals surface area contributed by atoms with Crippen molar-refractivity contribution in [3.63, 3.8) is 0 Å². The van der Waals surface area contributed by atoms with Crippen molar-refractivity contribution in [3.8, 4) is 5.75 Å². The van der Waals surface area contributed by atoms with Gasteiger partial charge in [-0.25, -0.2) is 4.79 Å². The molecule has 2 aromatic carbocycles. The lowest BCUT2D eigenvalue weighted by atomic mass is 10.2. The molecule has 0 aromatic heterocycles. The third kappa shape index (κ3) is 5.91. The summed E-state index contributed by atoms with van der Waals surface area (Å²) in [5.74, 6) is 0.847. The Labute approximate surface area is 161 Å². The molecule has 144 valence electrons. The molecular formula is C22H28N2O3. The highest BCUT2D eigenvalue weighted by molar-refractivity contribution is 5.68. The summed E-state index contributed by atoms with van der Waals surface area (Å²) >= 11 is 0. The number of ether oxygens (including phenoxy) is 2. The van der Waals surface area contributed by atoms with Crippen LogP contribution in [0.3, 0.4) is 0 Å². The molecule has 1 aliphatic heterocycles. The van der Waals surface area contributed by atoms with Crippen LogP contribution in [0.2, 0.25) is 0 Å². The van der Waals surface area contributed by atoms with Crippen molar-refractivity contribution in [2.45, 2.75) is 45.4 Å². The number of rotatable bonds is 5. The molecule has 0 unspecified atom stereocenters. The Morgan fingerprint density at radius 2 is 1.93 bits per heavy atom. The lowest BCUT2D eigenvalue weighted by molar-refractivity contribution is 0.0509. The van der Waals surface area contributed by atoms with Crippen molar-refractivity contribution < 1.29 is 14.3 Å². The van der Waals surface area contributed by atoms with Crippen LogP contribution in [-0.4, -0.2) is 30.8 Å². The Morgan fingerprint density at radius 3 is 2.67 bits per heavy atom. The Balaban J connectivity index is 1.54. The molecule has 5 nitrogen and oxygen atoms in total. The summed E-state index contributed by atoms with van der Waals surface area (Å²) in [6.45, 7) is 7.81. The van der Waals surface area contributed by atoms with E-state index in [4.69, 9.17) is 9.47 Å². The van der Waals surface area contributed by atoms with Crippen molar-refractivity contribution in [1.29, 1.82) is 0 Å². The molecule has 1 fully saturated rings. The molecule has 1 N–H and O–H groups in total. The maximum Gasteiger partial charge on any atom is 0.407 e. The van der Waals surface area contributed by atoms with Crippen LogP contribution in [-0.2, 0) is 11.3 Å². The molecule has 0 aliphatic carbocycles. The molecule has 27 heavy (non-hydrogen) atoms. The third-order valence-electron chi connectivity index (χ3n) is 4.34. The second-order valence-corrected chi connectivity index (χ2v) is 7.85. The minimum absolute atomic E-state index is 0.0914. The minimum atomic E-state index is -0.479. The minimum Gasteiger partial charge on any atom is -0.489 e. The maximum absolute atomic E-state index is 12.0. The molecule has 0 radical (unpaired) electrons. The zero-order valence-corrected chi connectivity index (χ0v) is 16.3. The topological polar surface area (TPSA) is 50.8 Å².